The van der Waals surface area contributed by atoms with Gasteiger partial charge in [0, 0.05) is 18.8 Å². The third kappa shape index (κ3) is 4.19. The Morgan fingerprint density at radius 3 is 2.70 bits per heavy atom. The van der Waals surface area contributed by atoms with Crippen molar-refractivity contribution < 1.29 is 13.9 Å². The summed E-state index contributed by atoms with van der Waals surface area (Å²) in [5.74, 6) is -0.584. The number of halogens is 1. The quantitative estimate of drug-likeness (QED) is 0.533. The second-order valence-corrected chi connectivity index (χ2v) is 7.66. The van der Waals surface area contributed by atoms with E-state index in [1.165, 1.54) is 23.9 Å². The molecule has 0 atom stereocenters. The maximum absolute atomic E-state index is 14.5. The van der Waals surface area contributed by atoms with Crippen molar-refractivity contribution >= 4 is 34.6 Å². The zero-order valence-corrected chi connectivity index (χ0v) is 16.5. The van der Waals surface area contributed by atoms with Gasteiger partial charge in [-0.05, 0) is 39.2 Å². The first-order valence-electron chi connectivity index (χ1n) is 8.21. The van der Waals surface area contributed by atoms with E-state index in [1.54, 1.807) is 44.8 Å². The summed E-state index contributed by atoms with van der Waals surface area (Å²) in [4.78, 5) is 20.5. The summed E-state index contributed by atoms with van der Waals surface area (Å²) in [7, 11) is 1.78. The molecule has 2 aromatic heterocycles. The fourth-order valence-electron chi connectivity index (χ4n) is 2.51. The minimum atomic E-state index is -0.713. The number of aryl methyl sites for hydroxylation is 1. The van der Waals surface area contributed by atoms with Crippen molar-refractivity contribution in [3.8, 4) is 11.3 Å². The first-order chi connectivity index (χ1) is 12.7. The Kier molecular flexibility index (Phi) is 5.05. The van der Waals surface area contributed by atoms with Crippen LogP contribution in [0.4, 0.5) is 14.9 Å². The van der Waals surface area contributed by atoms with Gasteiger partial charge in [0.25, 0.3) is 0 Å². The molecule has 9 heteroatoms. The number of carbonyl (C=O) groups is 1. The van der Waals surface area contributed by atoms with Gasteiger partial charge in [0.15, 0.2) is 10.8 Å². The predicted molar refractivity (Wildman–Crippen MR) is 103 cm³/mol. The highest BCUT2D eigenvalue weighted by molar-refractivity contribution is 7.98. The zero-order valence-electron chi connectivity index (χ0n) is 15.7. The number of carbonyl (C=O) groups excluding carboxylic acids is 1. The average molecular weight is 389 g/mol. The molecule has 142 valence electrons. The van der Waals surface area contributed by atoms with Crippen LogP contribution in [0.2, 0.25) is 0 Å². The summed E-state index contributed by atoms with van der Waals surface area (Å²) in [5.41, 5.74) is 1.18. The number of anilines is 1. The zero-order chi connectivity index (χ0) is 19.8. The number of amides is 1. The van der Waals surface area contributed by atoms with E-state index in [0.717, 1.165) is 5.39 Å². The number of benzene rings is 1. The van der Waals surface area contributed by atoms with E-state index >= 15 is 0 Å². The molecule has 27 heavy (non-hydrogen) atoms. The van der Waals surface area contributed by atoms with Crippen molar-refractivity contribution in [1.82, 2.24) is 19.7 Å². The number of hydrogen-bond acceptors (Lipinski definition) is 6. The number of aromatic nitrogens is 4. The minimum Gasteiger partial charge on any atom is -0.444 e. The molecule has 0 aliphatic carbocycles. The number of nitrogens with zero attached hydrogens (tertiary/aromatic N) is 4. The molecule has 0 aliphatic rings. The predicted octanol–water partition coefficient (Wildman–Crippen LogP) is 4.24. The fourth-order valence-corrected chi connectivity index (χ4v) is 2.85. The standard InChI is InChI=1S/C18H20FN5O2S/c1-18(2,3)26-17(25)21-13-7-6-10(8-12(13)19)14-11-9-20-16(27-5)22-15(11)24(4)23-14/h6-9H,1-5H3,(H,21,25). The van der Waals surface area contributed by atoms with Gasteiger partial charge in [-0.2, -0.15) is 5.10 Å². The van der Waals surface area contributed by atoms with Crippen molar-refractivity contribution in [2.45, 2.75) is 31.5 Å². The van der Waals surface area contributed by atoms with Crippen molar-refractivity contribution in [2.24, 2.45) is 7.05 Å². The number of thioether (sulfide) groups is 1. The van der Waals surface area contributed by atoms with E-state index < -0.39 is 17.5 Å². The first kappa shape index (κ1) is 19.1. The van der Waals surface area contributed by atoms with Crippen LogP contribution in [0.25, 0.3) is 22.3 Å². The molecule has 1 aromatic carbocycles. The highest BCUT2D eigenvalue weighted by Crippen LogP contribution is 2.29. The molecule has 0 radical (unpaired) electrons. The molecule has 1 N–H and O–H groups in total. The minimum absolute atomic E-state index is 0.0363. The third-order valence-corrected chi connectivity index (χ3v) is 4.18. The van der Waals surface area contributed by atoms with Crippen LogP contribution in [-0.4, -0.2) is 37.7 Å². The highest BCUT2D eigenvalue weighted by atomic mass is 32.2. The lowest BCUT2D eigenvalue weighted by Crippen LogP contribution is -2.27. The molecule has 0 spiro atoms. The SMILES string of the molecule is CSc1ncc2c(-c3ccc(NC(=O)OC(C)(C)C)c(F)c3)nn(C)c2n1. The van der Waals surface area contributed by atoms with Crippen LogP contribution in [-0.2, 0) is 11.8 Å². The fraction of sp³-hybridized carbons (Fsp3) is 0.333. The third-order valence-electron chi connectivity index (χ3n) is 3.62. The van der Waals surface area contributed by atoms with Gasteiger partial charge in [0.05, 0.1) is 11.1 Å². The number of nitrogens with one attached hydrogen (secondary N) is 1. The van der Waals surface area contributed by atoms with Crippen molar-refractivity contribution in [3.05, 3.63) is 30.2 Å². The number of ether oxygens (including phenoxy) is 1. The largest absolute Gasteiger partial charge is 0.444 e. The normalized spacial score (nSPS) is 11.6. The molecule has 0 aliphatic heterocycles. The second-order valence-electron chi connectivity index (χ2n) is 6.89. The maximum Gasteiger partial charge on any atom is 0.412 e. The Balaban J connectivity index is 1.92. The lowest BCUT2D eigenvalue weighted by atomic mass is 10.1. The topological polar surface area (TPSA) is 81.9 Å². The molecule has 0 bridgehead atoms. The van der Waals surface area contributed by atoms with Crippen LogP contribution in [0.1, 0.15) is 20.8 Å². The number of rotatable bonds is 3. The van der Waals surface area contributed by atoms with E-state index in [0.29, 0.717) is 22.1 Å². The molecule has 1 amide bonds. The molecule has 2 heterocycles. The molecule has 0 fully saturated rings. The van der Waals surface area contributed by atoms with Gasteiger partial charge in [0.1, 0.15) is 17.1 Å². The Bertz CT molecular complexity index is 1010. The smallest absolute Gasteiger partial charge is 0.412 e. The second kappa shape index (κ2) is 7.15. The molecule has 3 aromatic rings. The lowest BCUT2D eigenvalue weighted by Gasteiger charge is -2.19. The molecule has 0 saturated carbocycles. The van der Waals surface area contributed by atoms with E-state index in [4.69, 9.17) is 4.74 Å². The highest BCUT2D eigenvalue weighted by Gasteiger charge is 2.19. The van der Waals surface area contributed by atoms with Crippen LogP contribution < -0.4 is 5.32 Å². The van der Waals surface area contributed by atoms with Crippen LogP contribution in [0.3, 0.4) is 0 Å². The Labute approximate surface area is 160 Å². The van der Waals surface area contributed by atoms with Crippen molar-refractivity contribution in [2.75, 3.05) is 11.6 Å². The Morgan fingerprint density at radius 1 is 1.33 bits per heavy atom. The summed E-state index contributed by atoms with van der Waals surface area (Å²) >= 11 is 1.44. The Hall–Kier alpha value is -2.68. The van der Waals surface area contributed by atoms with Crippen molar-refractivity contribution in [1.29, 1.82) is 0 Å². The van der Waals surface area contributed by atoms with Crippen LogP contribution >= 0.6 is 11.8 Å². The molecular weight excluding hydrogens is 369 g/mol. The summed E-state index contributed by atoms with van der Waals surface area (Å²) in [6.07, 6.45) is 2.86. The van der Waals surface area contributed by atoms with Gasteiger partial charge in [-0.3, -0.25) is 5.32 Å². The average Bonchev–Trinajstić information content (AvgIpc) is 2.91. The number of hydrogen-bond donors (Lipinski definition) is 1. The van der Waals surface area contributed by atoms with Gasteiger partial charge < -0.3 is 4.74 Å². The molecular formula is C18H20FN5O2S. The summed E-state index contributed by atoms with van der Waals surface area (Å²) in [6.45, 7) is 5.22. The van der Waals surface area contributed by atoms with Gasteiger partial charge >= 0.3 is 6.09 Å². The van der Waals surface area contributed by atoms with Crippen LogP contribution in [0.15, 0.2) is 29.6 Å². The van der Waals surface area contributed by atoms with Crippen molar-refractivity contribution in [3.63, 3.8) is 0 Å². The molecule has 0 unspecified atom stereocenters. The van der Waals surface area contributed by atoms with Crippen LogP contribution in [0, 0.1) is 5.82 Å². The summed E-state index contributed by atoms with van der Waals surface area (Å²) < 4.78 is 21.3. The lowest BCUT2D eigenvalue weighted by molar-refractivity contribution is 0.0635. The van der Waals surface area contributed by atoms with Gasteiger partial charge in [-0.1, -0.05) is 17.8 Å². The van der Waals surface area contributed by atoms with Gasteiger partial charge in [-0.15, -0.1) is 0 Å². The summed E-state index contributed by atoms with van der Waals surface area (Å²) in [5, 5.41) is 8.22. The monoisotopic (exact) mass is 389 g/mol. The van der Waals surface area contributed by atoms with Gasteiger partial charge in [0.2, 0.25) is 0 Å². The molecule has 7 nitrogen and oxygen atoms in total. The molecule has 0 saturated heterocycles. The van der Waals surface area contributed by atoms with E-state index in [-0.39, 0.29) is 5.69 Å². The Morgan fingerprint density at radius 2 is 2.07 bits per heavy atom. The van der Waals surface area contributed by atoms with E-state index in [2.05, 4.69) is 20.4 Å². The summed E-state index contributed by atoms with van der Waals surface area (Å²) in [6, 6.07) is 4.48. The van der Waals surface area contributed by atoms with E-state index in [1.807, 2.05) is 6.26 Å². The van der Waals surface area contributed by atoms with Gasteiger partial charge in [-0.25, -0.2) is 23.8 Å². The first-order valence-corrected chi connectivity index (χ1v) is 9.44. The molecule has 3 rings (SSSR count). The van der Waals surface area contributed by atoms with E-state index in [9.17, 15) is 9.18 Å². The van der Waals surface area contributed by atoms with Crippen LogP contribution in [0.5, 0.6) is 0 Å². The number of fused-ring (bicyclic) bond motifs is 1. The maximum atomic E-state index is 14.5.